The molecule has 2 fully saturated rings. The van der Waals surface area contributed by atoms with E-state index < -0.39 is 5.82 Å². The number of likely N-dealkylation sites (tertiary alicyclic amines) is 2. The van der Waals surface area contributed by atoms with Crippen LogP contribution in [0.25, 0.3) is 0 Å². The molecular weight excluding hydrogens is 325 g/mol. The van der Waals surface area contributed by atoms with Crippen LogP contribution < -0.4 is 4.74 Å². The number of hydrogen-bond donors (Lipinski definition) is 0. The van der Waals surface area contributed by atoms with Gasteiger partial charge in [-0.3, -0.25) is 9.59 Å². The molecule has 6 nitrogen and oxygen atoms in total. The zero-order chi connectivity index (χ0) is 18.0. The van der Waals surface area contributed by atoms with Gasteiger partial charge in [-0.1, -0.05) is 12.1 Å². The van der Waals surface area contributed by atoms with E-state index in [9.17, 15) is 14.0 Å². The SMILES string of the molecule is CN(C)CCN1CC(C(=O)N2CC(Oc3ccccc3F)C2)CC1=O. The Balaban J connectivity index is 1.46. The van der Waals surface area contributed by atoms with Crippen molar-refractivity contribution in [3.05, 3.63) is 30.1 Å². The first kappa shape index (κ1) is 17.7. The molecule has 2 aliphatic rings. The molecule has 0 bridgehead atoms. The van der Waals surface area contributed by atoms with Crippen molar-refractivity contribution in [3.8, 4) is 5.75 Å². The zero-order valence-corrected chi connectivity index (χ0v) is 14.7. The lowest BCUT2D eigenvalue weighted by molar-refractivity contribution is -0.144. The Morgan fingerprint density at radius 3 is 2.68 bits per heavy atom. The van der Waals surface area contributed by atoms with Crippen LogP contribution in [0, 0.1) is 11.7 Å². The van der Waals surface area contributed by atoms with Crippen molar-refractivity contribution >= 4 is 11.8 Å². The van der Waals surface area contributed by atoms with Gasteiger partial charge in [-0.25, -0.2) is 4.39 Å². The molecule has 2 aliphatic heterocycles. The first-order valence-corrected chi connectivity index (χ1v) is 8.56. The normalized spacial score (nSPS) is 21.0. The van der Waals surface area contributed by atoms with Crippen molar-refractivity contribution in [3.63, 3.8) is 0 Å². The highest BCUT2D eigenvalue weighted by Gasteiger charge is 2.41. The van der Waals surface area contributed by atoms with Gasteiger partial charge in [-0.05, 0) is 26.2 Å². The predicted molar refractivity (Wildman–Crippen MR) is 90.6 cm³/mol. The number of ether oxygens (including phenoxy) is 1. The molecule has 0 aliphatic carbocycles. The van der Waals surface area contributed by atoms with Gasteiger partial charge in [0.05, 0.1) is 19.0 Å². The maximum Gasteiger partial charge on any atom is 0.228 e. The monoisotopic (exact) mass is 349 g/mol. The van der Waals surface area contributed by atoms with Gasteiger partial charge in [0.25, 0.3) is 0 Å². The molecule has 0 aromatic heterocycles. The van der Waals surface area contributed by atoms with E-state index in [1.807, 2.05) is 19.0 Å². The van der Waals surface area contributed by atoms with E-state index in [0.717, 1.165) is 6.54 Å². The Hall–Kier alpha value is -2.15. The van der Waals surface area contributed by atoms with Crippen LogP contribution in [0.3, 0.4) is 0 Å². The summed E-state index contributed by atoms with van der Waals surface area (Å²) in [7, 11) is 3.91. The van der Waals surface area contributed by atoms with Crippen LogP contribution in [-0.4, -0.2) is 79.4 Å². The Morgan fingerprint density at radius 2 is 2.00 bits per heavy atom. The molecule has 2 amide bonds. The molecule has 1 unspecified atom stereocenters. The lowest BCUT2D eigenvalue weighted by Crippen LogP contribution is -2.57. The van der Waals surface area contributed by atoms with E-state index in [0.29, 0.717) is 26.2 Å². The topological polar surface area (TPSA) is 53.1 Å². The fraction of sp³-hybridized carbons (Fsp3) is 0.556. The summed E-state index contributed by atoms with van der Waals surface area (Å²) in [6, 6.07) is 6.26. The van der Waals surface area contributed by atoms with Gasteiger partial charge in [0.1, 0.15) is 6.10 Å². The third-order valence-electron chi connectivity index (χ3n) is 4.67. The third-order valence-corrected chi connectivity index (χ3v) is 4.67. The average molecular weight is 349 g/mol. The van der Waals surface area contributed by atoms with Gasteiger partial charge in [-0.15, -0.1) is 0 Å². The lowest BCUT2D eigenvalue weighted by Gasteiger charge is -2.40. The molecule has 25 heavy (non-hydrogen) atoms. The summed E-state index contributed by atoms with van der Waals surface area (Å²) in [5.41, 5.74) is 0. The fourth-order valence-corrected chi connectivity index (χ4v) is 3.15. The molecule has 2 saturated heterocycles. The zero-order valence-electron chi connectivity index (χ0n) is 14.7. The highest BCUT2D eigenvalue weighted by molar-refractivity contribution is 5.89. The van der Waals surface area contributed by atoms with Crippen LogP contribution in [-0.2, 0) is 9.59 Å². The largest absolute Gasteiger partial charge is 0.484 e. The summed E-state index contributed by atoms with van der Waals surface area (Å²) in [5, 5.41) is 0. The van der Waals surface area contributed by atoms with Crippen LogP contribution in [0.4, 0.5) is 4.39 Å². The number of halogens is 1. The van der Waals surface area contributed by atoms with Gasteiger partial charge in [0.15, 0.2) is 11.6 Å². The molecule has 0 radical (unpaired) electrons. The van der Waals surface area contributed by atoms with Gasteiger partial charge >= 0.3 is 0 Å². The van der Waals surface area contributed by atoms with Gasteiger partial charge in [0.2, 0.25) is 11.8 Å². The first-order valence-electron chi connectivity index (χ1n) is 8.56. The smallest absolute Gasteiger partial charge is 0.228 e. The second-order valence-corrected chi connectivity index (χ2v) is 6.96. The molecular formula is C18H24FN3O3. The molecule has 0 spiro atoms. The second-order valence-electron chi connectivity index (χ2n) is 6.96. The number of likely N-dealkylation sites (N-methyl/N-ethyl adjacent to an activating group) is 1. The Kier molecular flexibility index (Phi) is 5.22. The minimum absolute atomic E-state index is 0.00548. The summed E-state index contributed by atoms with van der Waals surface area (Å²) in [4.78, 5) is 30.0. The summed E-state index contributed by atoms with van der Waals surface area (Å²) < 4.78 is 19.2. The number of hydrogen-bond acceptors (Lipinski definition) is 4. The summed E-state index contributed by atoms with van der Waals surface area (Å²) in [6.07, 6.45) is 0.0875. The number of nitrogens with zero attached hydrogens (tertiary/aromatic N) is 3. The fourth-order valence-electron chi connectivity index (χ4n) is 3.15. The van der Waals surface area contributed by atoms with Crippen LogP contribution in [0.15, 0.2) is 24.3 Å². The van der Waals surface area contributed by atoms with E-state index >= 15 is 0 Å². The highest BCUT2D eigenvalue weighted by atomic mass is 19.1. The van der Waals surface area contributed by atoms with E-state index in [1.165, 1.54) is 6.07 Å². The predicted octanol–water partition coefficient (Wildman–Crippen LogP) is 0.825. The van der Waals surface area contributed by atoms with Crippen molar-refractivity contribution in [2.45, 2.75) is 12.5 Å². The number of rotatable bonds is 6. The first-order chi connectivity index (χ1) is 11.9. The van der Waals surface area contributed by atoms with E-state index in [1.54, 1.807) is 28.0 Å². The van der Waals surface area contributed by atoms with Crippen LogP contribution in [0.5, 0.6) is 5.75 Å². The maximum atomic E-state index is 13.6. The van der Waals surface area contributed by atoms with Crippen molar-refractivity contribution < 1.29 is 18.7 Å². The molecule has 0 saturated carbocycles. The Morgan fingerprint density at radius 1 is 1.28 bits per heavy atom. The standard InChI is InChI=1S/C18H24FN3O3/c1-20(2)7-8-21-10-13(9-17(21)23)18(24)22-11-14(12-22)25-16-6-4-3-5-15(16)19/h3-6,13-14H,7-12H2,1-2H3. The molecule has 2 heterocycles. The Bertz CT molecular complexity index is 646. The molecule has 1 atom stereocenters. The summed E-state index contributed by atoms with van der Waals surface area (Å²) in [5.74, 6) is -0.422. The number of carbonyl (C=O) groups excluding carboxylic acids is 2. The number of carbonyl (C=O) groups is 2. The minimum Gasteiger partial charge on any atom is -0.484 e. The van der Waals surface area contributed by atoms with Crippen molar-refractivity contribution in [1.29, 1.82) is 0 Å². The van der Waals surface area contributed by atoms with Crippen molar-refractivity contribution in [1.82, 2.24) is 14.7 Å². The van der Waals surface area contributed by atoms with Gasteiger partial charge in [-0.2, -0.15) is 0 Å². The van der Waals surface area contributed by atoms with Crippen LogP contribution >= 0.6 is 0 Å². The minimum atomic E-state index is -0.398. The quantitative estimate of drug-likeness (QED) is 0.763. The average Bonchev–Trinajstić information content (AvgIpc) is 2.90. The number of para-hydroxylation sites is 1. The molecule has 1 aromatic carbocycles. The second kappa shape index (κ2) is 7.39. The number of amides is 2. The molecule has 136 valence electrons. The van der Waals surface area contributed by atoms with Crippen molar-refractivity contribution in [2.75, 3.05) is 46.8 Å². The molecule has 0 N–H and O–H groups in total. The highest BCUT2D eigenvalue weighted by Crippen LogP contribution is 2.25. The van der Waals surface area contributed by atoms with Crippen LogP contribution in [0.2, 0.25) is 0 Å². The van der Waals surface area contributed by atoms with E-state index in [-0.39, 0.29) is 36.0 Å². The van der Waals surface area contributed by atoms with E-state index in [4.69, 9.17) is 4.74 Å². The van der Waals surface area contributed by atoms with Gasteiger partial charge in [0, 0.05) is 26.1 Å². The summed E-state index contributed by atoms with van der Waals surface area (Å²) in [6.45, 7) is 2.80. The van der Waals surface area contributed by atoms with Gasteiger partial charge < -0.3 is 19.4 Å². The Labute approximate surface area is 147 Å². The lowest BCUT2D eigenvalue weighted by atomic mass is 10.0. The molecule has 1 aromatic rings. The van der Waals surface area contributed by atoms with Crippen LogP contribution in [0.1, 0.15) is 6.42 Å². The van der Waals surface area contributed by atoms with E-state index in [2.05, 4.69) is 0 Å². The molecule has 3 rings (SSSR count). The summed E-state index contributed by atoms with van der Waals surface area (Å²) >= 11 is 0. The molecule has 7 heteroatoms. The van der Waals surface area contributed by atoms with Crippen molar-refractivity contribution in [2.24, 2.45) is 5.92 Å². The number of benzene rings is 1. The maximum absolute atomic E-state index is 13.6. The third kappa shape index (κ3) is 4.10.